The fraction of sp³-hybridized carbons (Fsp3) is 0.462. The minimum Gasteiger partial charge on any atom is -0.496 e. The highest BCUT2D eigenvalue weighted by atomic mass is 32.3. The number of aliphatic imine (C=N–C) groups is 2. The molecule has 0 aromatic heterocycles. The van der Waals surface area contributed by atoms with Gasteiger partial charge in [-0.15, -0.1) is 0 Å². The van der Waals surface area contributed by atoms with Crippen molar-refractivity contribution in [1.29, 1.82) is 0 Å². The molecule has 0 heterocycles. The predicted molar refractivity (Wildman–Crippen MR) is 159 cm³/mol. The van der Waals surface area contributed by atoms with Gasteiger partial charge in [0.1, 0.15) is 23.0 Å². The first kappa shape index (κ1) is 35.2. The van der Waals surface area contributed by atoms with Crippen LogP contribution in [0, 0.1) is 0 Å². The van der Waals surface area contributed by atoms with Gasteiger partial charge in [-0.1, -0.05) is 0 Å². The summed E-state index contributed by atoms with van der Waals surface area (Å²) in [6.07, 6.45) is 0.670. The van der Waals surface area contributed by atoms with Gasteiger partial charge in [0.25, 0.3) is 0 Å². The third-order valence-corrected chi connectivity index (χ3v) is 6.74. The lowest BCUT2D eigenvalue weighted by Crippen LogP contribution is -2.37. The summed E-state index contributed by atoms with van der Waals surface area (Å²) in [5.41, 5.74) is 25.5. The van der Waals surface area contributed by atoms with Gasteiger partial charge in [0, 0.05) is 47.9 Å². The lowest BCUT2D eigenvalue weighted by Gasteiger charge is -2.29. The molecule has 2 aromatic rings. The van der Waals surface area contributed by atoms with Crippen molar-refractivity contribution in [1.82, 2.24) is 0 Å². The normalized spacial score (nSPS) is 20.3. The van der Waals surface area contributed by atoms with Crippen LogP contribution >= 0.6 is 0 Å². The quantitative estimate of drug-likeness (QED) is 0.108. The molecule has 2 aliphatic carbocycles. The van der Waals surface area contributed by atoms with Gasteiger partial charge in [0.2, 0.25) is 0 Å². The van der Waals surface area contributed by atoms with Crippen molar-refractivity contribution in [2.24, 2.45) is 32.9 Å². The van der Waals surface area contributed by atoms with E-state index >= 15 is 0 Å². The summed E-state index contributed by atoms with van der Waals surface area (Å²) in [6, 6.07) is 6.68. The minimum atomic E-state index is -4.67. The minimum absolute atomic E-state index is 0.0191. The molecule has 0 saturated heterocycles. The molecule has 12 N–H and O–H groups in total. The van der Waals surface area contributed by atoms with Crippen molar-refractivity contribution in [2.45, 2.75) is 50.0 Å². The molecule has 43 heavy (non-hydrogen) atoms. The SMILES string of the molecule is COc1ccc(OC)c2c1CC(O)C(N=C(N)N)C2.COc1ccc(OC)c2c1CC(O)C(N=C(N)N)C2.O=S(=O)(O)O. The Morgan fingerprint density at radius 1 is 0.628 bits per heavy atom. The zero-order chi connectivity index (χ0) is 32.5. The number of nitrogens with zero attached hydrogens (tertiary/aromatic N) is 2. The number of aliphatic hydroxyl groups excluding tert-OH is 2. The van der Waals surface area contributed by atoms with E-state index in [-0.39, 0.29) is 24.0 Å². The van der Waals surface area contributed by atoms with Gasteiger partial charge in [-0.25, -0.2) is 9.98 Å². The Balaban J connectivity index is 0.000000260. The number of guanidine groups is 2. The van der Waals surface area contributed by atoms with Crippen LogP contribution < -0.4 is 41.9 Å². The van der Waals surface area contributed by atoms with Crippen molar-refractivity contribution in [2.75, 3.05) is 28.4 Å². The number of ether oxygens (including phenoxy) is 4. The van der Waals surface area contributed by atoms with E-state index in [1.54, 1.807) is 28.4 Å². The monoisotopic (exact) mass is 628 g/mol. The average Bonchev–Trinajstić information content (AvgIpc) is 2.91. The van der Waals surface area contributed by atoms with Crippen LogP contribution in [0.4, 0.5) is 0 Å². The molecule has 16 nitrogen and oxygen atoms in total. The van der Waals surface area contributed by atoms with Crippen LogP contribution in [0.15, 0.2) is 34.3 Å². The molecule has 4 atom stereocenters. The average molecular weight is 629 g/mol. The maximum atomic E-state index is 10.1. The maximum Gasteiger partial charge on any atom is 0.394 e. The number of hydrogen-bond acceptors (Lipinski definition) is 10. The third kappa shape index (κ3) is 10.0. The zero-order valence-corrected chi connectivity index (χ0v) is 25.1. The van der Waals surface area contributed by atoms with E-state index in [9.17, 15) is 10.2 Å². The van der Waals surface area contributed by atoms with Crippen molar-refractivity contribution < 1.29 is 46.7 Å². The molecule has 2 aliphatic rings. The molecule has 17 heteroatoms. The number of aliphatic hydroxyl groups is 2. The molecule has 0 bridgehead atoms. The summed E-state index contributed by atoms with van der Waals surface area (Å²) >= 11 is 0. The highest BCUT2D eigenvalue weighted by Gasteiger charge is 2.32. The summed E-state index contributed by atoms with van der Waals surface area (Å²) in [6.45, 7) is 0. The first-order valence-corrected chi connectivity index (χ1v) is 14.2. The van der Waals surface area contributed by atoms with Crippen LogP contribution in [-0.4, -0.2) is 92.4 Å². The zero-order valence-electron chi connectivity index (χ0n) is 24.3. The van der Waals surface area contributed by atoms with E-state index < -0.39 is 22.6 Å². The molecule has 0 fully saturated rings. The summed E-state index contributed by atoms with van der Waals surface area (Å²) in [4.78, 5) is 8.15. The van der Waals surface area contributed by atoms with Gasteiger partial charge < -0.3 is 52.1 Å². The third-order valence-electron chi connectivity index (χ3n) is 6.74. The summed E-state index contributed by atoms with van der Waals surface area (Å²) in [5.74, 6) is 2.98. The van der Waals surface area contributed by atoms with Crippen LogP contribution in [0.3, 0.4) is 0 Å². The Morgan fingerprint density at radius 2 is 0.860 bits per heavy atom. The van der Waals surface area contributed by atoms with Gasteiger partial charge in [0.05, 0.1) is 52.7 Å². The highest BCUT2D eigenvalue weighted by molar-refractivity contribution is 7.79. The second kappa shape index (κ2) is 15.4. The summed E-state index contributed by atoms with van der Waals surface area (Å²) in [7, 11) is 1.78. The number of methoxy groups -OCH3 is 4. The van der Waals surface area contributed by atoms with Gasteiger partial charge in [-0.3, -0.25) is 9.11 Å². The van der Waals surface area contributed by atoms with E-state index in [4.69, 9.17) is 59.4 Å². The van der Waals surface area contributed by atoms with Crippen LogP contribution in [-0.2, 0) is 36.1 Å². The largest absolute Gasteiger partial charge is 0.496 e. The Kier molecular flexibility index (Phi) is 12.6. The van der Waals surface area contributed by atoms with E-state index in [1.165, 1.54) is 0 Å². The fourth-order valence-electron chi connectivity index (χ4n) is 4.99. The second-order valence-electron chi connectivity index (χ2n) is 9.50. The van der Waals surface area contributed by atoms with E-state index in [2.05, 4.69) is 9.98 Å². The molecule has 240 valence electrons. The molecular formula is C26H40N6O10S. The summed E-state index contributed by atoms with van der Waals surface area (Å²) < 4.78 is 52.9. The van der Waals surface area contributed by atoms with Crippen molar-refractivity contribution in [3.63, 3.8) is 0 Å². The van der Waals surface area contributed by atoms with Gasteiger partial charge >= 0.3 is 10.4 Å². The Hall–Kier alpha value is -4.03. The van der Waals surface area contributed by atoms with Gasteiger partial charge in [-0.05, 0) is 24.3 Å². The Labute approximate surface area is 249 Å². The lowest BCUT2D eigenvalue weighted by molar-refractivity contribution is 0.136. The van der Waals surface area contributed by atoms with Crippen LogP contribution in [0.5, 0.6) is 23.0 Å². The molecule has 4 rings (SSSR count). The van der Waals surface area contributed by atoms with Crippen LogP contribution in [0.1, 0.15) is 22.3 Å². The van der Waals surface area contributed by atoms with Crippen LogP contribution in [0.2, 0.25) is 0 Å². The number of rotatable bonds is 6. The van der Waals surface area contributed by atoms with E-state index in [0.717, 1.165) is 45.3 Å². The highest BCUT2D eigenvalue weighted by Crippen LogP contribution is 2.38. The molecular weight excluding hydrogens is 588 g/mol. The number of fused-ring (bicyclic) bond motifs is 2. The molecule has 0 amide bonds. The standard InChI is InChI=1S/2C13H19N3O3.H2O4S/c2*1-18-11-3-4-12(19-2)8-6-10(17)9(5-7(8)11)16-13(14)15;1-5(2,3)4/h2*3-4,9-10,17H,5-6H2,1-2H3,(H4,14,15,16);(H2,1,2,3,4). The predicted octanol–water partition coefficient (Wildman–Crippen LogP) is -1.04. The first-order valence-electron chi connectivity index (χ1n) is 12.8. The topological polar surface area (TPSA) is 281 Å². The smallest absolute Gasteiger partial charge is 0.394 e. The lowest BCUT2D eigenvalue weighted by atomic mass is 9.85. The second-order valence-corrected chi connectivity index (χ2v) is 10.4. The van der Waals surface area contributed by atoms with Gasteiger partial charge in [-0.2, -0.15) is 8.42 Å². The Bertz CT molecular complexity index is 1310. The molecule has 0 radical (unpaired) electrons. The molecule has 2 aromatic carbocycles. The number of nitrogens with two attached hydrogens (primary N) is 4. The number of hydrogen-bond donors (Lipinski definition) is 8. The maximum absolute atomic E-state index is 10.1. The van der Waals surface area contributed by atoms with E-state index in [1.807, 2.05) is 24.3 Å². The molecule has 0 saturated carbocycles. The summed E-state index contributed by atoms with van der Waals surface area (Å²) in [5, 5.41) is 20.3. The van der Waals surface area contributed by atoms with E-state index in [0.29, 0.717) is 25.7 Å². The van der Waals surface area contributed by atoms with Crippen molar-refractivity contribution in [3.8, 4) is 23.0 Å². The fourth-order valence-corrected chi connectivity index (χ4v) is 4.99. The van der Waals surface area contributed by atoms with Gasteiger partial charge in [0.15, 0.2) is 11.9 Å². The van der Waals surface area contributed by atoms with Crippen LogP contribution in [0.25, 0.3) is 0 Å². The number of benzene rings is 2. The molecule has 4 unspecified atom stereocenters. The van der Waals surface area contributed by atoms with Crippen molar-refractivity contribution in [3.05, 3.63) is 46.5 Å². The molecule has 0 spiro atoms. The first-order chi connectivity index (χ1) is 20.1. The Morgan fingerprint density at radius 3 is 1.07 bits per heavy atom. The molecule has 0 aliphatic heterocycles. The van der Waals surface area contributed by atoms with Crippen molar-refractivity contribution >= 4 is 22.3 Å².